The second-order valence-electron chi connectivity index (χ2n) is 5.69. The summed E-state index contributed by atoms with van der Waals surface area (Å²) in [5.74, 6) is 7.55. The SMILES string of the molecule is C#CC.C=S(N)c1c(Cl)ccc(Nc2nsnc2NCc2ccccc2)c1C.CC. The van der Waals surface area contributed by atoms with Gasteiger partial charge in [0.2, 0.25) is 0 Å². The molecule has 5 nitrogen and oxygen atoms in total. The molecule has 30 heavy (non-hydrogen) atoms. The number of hydrogen-bond donors (Lipinski definition) is 3. The Kier molecular flexibility index (Phi) is 11.8. The lowest BCUT2D eigenvalue weighted by molar-refractivity contribution is 1.13. The van der Waals surface area contributed by atoms with Gasteiger partial charge in [-0.3, -0.25) is 5.14 Å². The minimum Gasteiger partial charge on any atom is -0.362 e. The zero-order chi connectivity index (χ0) is 22.5. The topological polar surface area (TPSA) is 75.9 Å². The average Bonchev–Trinajstić information content (AvgIpc) is 3.18. The van der Waals surface area contributed by atoms with Gasteiger partial charge >= 0.3 is 0 Å². The second kappa shape index (κ2) is 13.8. The first-order valence-electron chi connectivity index (χ1n) is 9.30. The molecule has 4 N–H and O–H groups in total. The highest BCUT2D eigenvalue weighted by molar-refractivity contribution is 8.12. The normalized spacial score (nSPS) is 10.4. The van der Waals surface area contributed by atoms with Crippen LogP contribution in [0.2, 0.25) is 5.02 Å². The summed E-state index contributed by atoms with van der Waals surface area (Å²) >= 11 is 7.40. The van der Waals surface area contributed by atoms with Crippen molar-refractivity contribution in [1.82, 2.24) is 8.75 Å². The number of nitrogens with two attached hydrogens (primary N) is 1. The highest BCUT2D eigenvalue weighted by Crippen LogP contribution is 2.36. The zero-order valence-corrected chi connectivity index (χ0v) is 20.1. The molecule has 0 aliphatic carbocycles. The lowest BCUT2D eigenvalue weighted by Crippen LogP contribution is -2.03. The molecule has 0 amide bonds. The van der Waals surface area contributed by atoms with Crippen LogP contribution in [0, 0.1) is 19.3 Å². The van der Waals surface area contributed by atoms with Crippen LogP contribution in [0.1, 0.15) is 31.9 Å². The van der Waals surface area contributed by atoms with Crippen LogP contribution in [0.15, 0.2) is 47.4 Å². The third kappa shape index (κ3) is 7.47. The average molecular weight is 462 g/mol. The summed E-state index contributed by atoms with van der Waals surface area (Å²) in [6.45, 7) is 8.30. The van der Waals surface area contributed by atoms with Gasteiger partial charge < -0.3 is 10.6 Å². The van der Waals surface area contributed by atoms with E-state index in [-0.39, 0.29) is 0 Å². The summed E-state index contributed by atoms with van der Waals surface area (Å²) in [6, 6.07) is 13.9. The number of halogens is 1. The Morgan fingerprint density at radius 3 is 2.37 bits per heavy atom. The zero-order valence-electron chi connectivity index (χ0n) is 17.7. The van der Waals surface area contributed by atoms with Crippen molar-refractivity contribution in [2.75, 3.05) is 10.6 Å². The van der Waals surface area contributed by atoms with Crippen molar-refractivity contribution in [2.24, 2.45) is 5.14 Å². The highest BCUT2D eigenvalue weighted by atomic mass is 35.5. The molecular formula is C22H28ClN5S2. The quantitative estimate of drug-likeness (QED) is 0.290. The van der Waals surface area contributed by atoms with E-state index in [1.165, 1.54) is 5.56 Å². The molecule has 1 heterocycles. The lowest BCUT2D eigenvalue weighted by atomic mass is 10.2. The highest BCUT2D eigenvalue weighted by Gasteiger charge is 2.13. The van der Waals surface area contributed by atoms with E-state index in [9.17, 15) is 0 Å². The van der Waals surface area contributed by atoms with Crippen molar-refractivity contribution < 1.29 is 0 Å². The third-order valence-corrected chi connectivity index (χ3v) is 5.67. The van der Waals surface area contributed by atoms with Crippen LogP contribution < -0.4 is 15.8 Å². The first-order valence-corrected chi connectivity index (χ1v) is 11.9. The van der Waals surface area contributed by atoms with E-state index in [2.05, 4.69) is 49.7 Å². The van der Waals surface area contributed by atoms with E-state index in [0.717, 1.165) is 27.9 Å². The Morgan fingerprint density at radius 2 is 1.77 bits per heavy atom. The molecule has 1 aromatic heterocycles. The van der Waals surface area contributed by atoms with Gasteiger partial charge in [-0.25, -0.2) is 0 Å². The van der Waals surface area contributed by atoms with Gasteiger partial charge in [-0.1, -0.05) is 72.3 Å². The Hall–Kier alpha value is -2.37. The number of aromatic nitrogens is 2. The van der Waals surface area contributed by atoms with E-state index >= 15 is 0 Å². The Balaban J connectivity index is 0.000000826. The van der Waals surface area contributed by atoms with Crippen LogP contribution in [0.3, 0.4) is 0 Å². The molecule has 0 saturated heterocycles. The molecule has 0 fully saturated rings. The van der Waals surface area contributed by atoms with Gasteiger partial charge in [-0.05, 0) is 37.1 Å². The smallest absolute Gasteiger partial charge is 0.188 e. The van der Waals surface area contributed by atoms with E-state index < -0.39 is 10.7 Å². The summed E-state index contributed by atoms with van der Waals surface area (Å²) in [5, 5.41) is 13.2. The molecule has 8 heteroatoms. The fourth-order valence-corrected chi connectivity index (χ4v) is 4.22. The minimum atomic E-state index is -0.665. The van der Waals surface area contributed by atoms with Crippen LogP contribution in [-0.4, -0.2) is 14.6 Å². The van der Waals surface area contributed by atoms with Gasteiger partial charge in [-0.2, -0.15) is 8.75 Å². The number of benzene rings is 2. The summed E-state index contributed by atoms with van der Waals surface area (Å²) in [6.07, 6.45) is 4.60. The number of hydrogen-bond acceptors (Lipinski definition) is 6. The molecule has 3 aromatic rings. The van der Waals surface area contributed by atoms with E-state index in [1.54, 1.807) is 6.92 Å². The molecule has 0 aliphatic rings. The number of anilines is 3. The Labute approximate surface area is 191 Å². The molecule has 0 spiro atoms. The van der Waals surface area contributed by atoms with Crippen molar-refractivity contribution in [1.29, 1.82) is 0 Å². The maximum atomic E-state index is 6.25. The molecule has 1 unspecified atom stereocenters. The van der Waals surface area contributed by atoms with Crippen LogP contribution in [-0.2, 0) is 6.54 Å². The largest absolute Gasteiger partial charge is 0.362 e. The van der Waals surface area contributed by atoms with E-state index in [0.29, 0.717) is 23.2 Å². The van der Waals surface area contributed by atoms with Crippen molar-refractivity contribution in [3.63, 3.8) is 0 Å². The van der Waals surface area contributed by atoms with Gasteiger partial charge in [0.15, 0.2) is 11.6 Å². The predicted molar refractivity (Wildman–Crippen MR) is 136 cm³/mol. The number of rotatable bonds is 6. The molecule has 0 radical (unpaired) electrons. The van der Waals surface area contributed by atoms with Crippen molar-refractivity contribution in [2.45, 2.75) is 39.1 Å². The van der Waals surface area contributed by atoms with Gasteiger partial charge in [-0.15, -0.1) is 12.3 Å². The predicted octanol–water partition coefficient (Wildman–Crippen LogP) is 6.45. The van der Waals surface area contributed by atoms with Gasteiger partial charge in [0.25, 0.3) is 0 Å². The first-order chi connectivity index (χ1) is 14.5. The minimum absolute atomic E-state index is 0.628. The van der Waals surface area contributed by atoms with Crippen LogP contribution >= 0.6 is 34.0 Å². The maximum Gasteiger partial charge on any atom is 0.188 e. The van der Waals surface area contributed by atoms with Crippen molar-refractivity contribution >= 4 is 57.2 Å². The molecule has 2 aromatic carbocycles. The summed E-state index contributed by atoms with van der Waals surface area (Å²) < 4.78 is 8.67. The molecule has 160 valence electrons. The summed E-state index contributed by atoms with van der Waals surface area (Å²) in [7, 11) is -0.665. The fraction of sp³-hybridized carbons (Fsp3) is 0.227. The van der Waals surface area contributed by atoms with Crippen LogP contribution in [0.5, 0.6) is 0 Å². The lowest BCUT2D eigenvalue weighted by Gasteiger charge is -2.14. The van der Waals surface area contributed by atoms with Crippen molar-refractivity contribution in [3.05, 3.63) is 58.6 Å². The molecule has 3 rings (SSSR count). The number of terminal acetylenes is 1. The Bertz CT molecular complexity index is 981. The van der Waals surface area contributed by atoms with E-state index in [4.69, 9.17) is 16.7 Å². The molecular weight excluding hydrogens is 434 g/mol. The van der Waals surface area contributed by atoms with Gasteiger partial charge in [0, 0.05) is 17.1 Å². The molecule has 0 saturated carbocycles. The Morgan fingerprint density at radius 1 is 1.17 bits per heavy atom. The summed E-state index contributed by atoms with van der Waals surface area (Å²) in [5.41, 5.74) is 3.03. The molecule has 0 aliphatic heterocycles. The van der Waals surface area contributed by atoms with E-state index in [1.807, 2.05) is 51.1 Å². The first kappa shape index (κ1) is 25.7. The third-order valence-electron chi connectivity index (χ3n) is 3.66. The standard InChI is InChI=1S/C17H18ClN5S2.C3H4.C2H6/c1-11-14(9-8-13(18)15(11)25(2)19)21-17-16(22-24-23-17)20-10-12-6-4-3-5-7-12;1-3-2;1-2/h3-9H,2,10,19H2,1H3,(H,20,22)(H,21,23);1H,2H3;1-2H3. The van der Waals surface area contributed by atoms with Gasteiger partial charge in [0.1, 0.15) is 0 Å². The van der Waals surface area contributed by atoms with Gasteiger partial charge in [0.05, 0.1) is 16.8 Å². The van der Waals surface area contributed by atoms with Crippen molar-refractivity contribution in [3.8, 4) is 12.3 Å². The maximum absolute atomic E-state index is 6.25. The number of nitrogens with zero attached hydrogens (tertiary/aromatic N) is 2. The monoisotopic (exact) mass is 461 g/mol. The summed E-state index contributed by atoms with van der Waals surface area (Å²) in [4.78, 5) is 0.855. The molecule has 0 bridgehead atoms. The van der Waals surface area contributed by atoms with Crippen LogP contribution in [0.4, 0.5) is 17.3 Å². The second-order valence-corrected chi connectivity index (χ2v) is 7.89. The fourth-order valence-electron chi connectivity index (χ4n) is 2.41. The number of nitrogens with one attached hydrogen (secondary N) is 2. The van der Waals surface area contributed by atoms with Crippen LogP contribution in [0.25, 0.3) is 0 Å². The molecule has 1 atom stereocenters.